The van der Waals surface area contributed by atoms with Crippen LogP contribution in [0.1, 0.15) is 17.5 Å². The highest BCUT2D eigenvalue weighted by Gasteiger charge is 2.38. The Morgan fingerprint density at radius 2 is 1.84 bits per heavy atom. The number of aliphatic hydroxyl groups is 1. The number of anilines is 1. The van der Waals surface area contributed by atoms with E-state index in [-0.39, 0.29) is 31.8 Å². The number of rotatable bonds is 7. The van der Waals surface area contributed by atoms with Crippen molar-refractivity contribution < 1.29 is 27.9 Å². The molecule has 7 nitrogen and oxygen atoms in total. The van der Waals surface area contributed by atoms with Gasteiger partial charge in [0.15, 0.2) is 6.29 Å². The zero-order valence-corrected chi connectivity index (χ0v) is 17.0. The minimum Gasteiger partial charge on any atom is -0.396 e. The summed E-state index contributed by atoms with van der Waals surface area (Å²) >= 11 is 5.90. The molecule has 3 N–H and O–H groups in total. The van der Waals surface area contributed by atoms with Gasteiger partial charge in [-0.2, -0.15) is 13.2 Å². The summed E-state index contributed by atoms with van der Waals surface area (Å²) < 4.78 is 39.1. The van der Waals surface area contributed by atoms with Gasteiger partial charge in [0.1, 0.15) is 0 Å². The number of benzene rings is 2. The number of alkyl halides is 3. The molecule has 3 rings (SSSR count). The quantitative estimate of drug-likeness (QED) is 0.586. The fraction of sp³-hybridized carbons (Fsp3) is 0.300. The first kappa shape index (κ1) is 22.7. The predicted octanol–water partition coefficient (Wildman–Crippen LogP) is 4.08. The van der Waals surface area contributed by atoms with Gasteiger partial charge in [-0.05, 0) is 42.3 Å². The van der Waals surface area contributed by atoms with Crippen molar-refractivity contribution in [1.29, 1.82) is 0 Å². The molecule has 1 aliphatic heterocycles. The molecule has 1 aliphatic rings. The van der Waals surface area contributed by atoms with Gasteiger partial charge in [-0.25, -0.2) is 14.5 Å². The summed E-state index contributed by atoms with van der Waals surface area (Å²) in [5.41, 5.74) is -0.0792. The summed E-state index contributed by atoms with van der Waals surface area (Å²) in [7, 11) is 0. The number of hydrogen-bond acceptors (Lipinski definition) is 4. The van der Waals surface area contributed by atoms with Crippen LogP contribution in [0.3, 0.4) is 0 Å². The van der Waals surface area contributed by atoms with Crippen LogP contribution in [-0.4, -0.2) is 46.4 Å². The first-order valence-electron chi connectivity index (χ1n) is 9.37. The second-order valence-corrected chi connectivity index (χ2v) is 7.28. The lowest BCUT2D eigenvalue weighted by atomic mass is 10.2. The summed E-state index contributed by atoms with van der Waals surface area (Å²) in [6, 6.07) is 9.79. The van der Waals surface area contributed by atoms with E-state index in [2.05, 4.69) is 10.6 Å². The molecule has 0 aromatic heterocycles. The van der Waals surface area contributed by atoms with Crippen molar-refractivity contribution in [3.63, 3.8) is 0 Å². The van der Waals surface area contributed by atoms with Crippen LogP contribution in [0.4, 0.5) is 28.4 Å². The Bertz CT molecular complexity index is 940. The van der Waals surface area contributed by atoms with Gasteiger partial charge in [0.25, 0.3) is 0 Å². The summed E-state index contributed by atoms with van der Waals surface area (Å²) in [6.45, 7) is -0.155. The number of amides is 4. The number of carbonyl (C=O) groups is 2. The van der Waals surface area contributed by atoms with E-state index >= 15 is 0 Å². The summed E-state index contributed by atoms with van der Waals surface area (Å²) in [4.78, 5) is 27.7. The first-order valence-corrected chi connectivity index (χ1v) is 9.74. The topological polar surface area (TPSA) is 84.9 Å². The van der Waals surface area contributed by atoms with Gasteiger partial charge in [-0.15, -0.1) is 0 Å². The van der Waals surface area contributed by atoms with Crippen molar-refractivity contribution in [3.05, 3.63) is 64.7 Å². The summed E-state index contributed by atoms with van der Waals surface area (Å²) in [5, 5.41) is 14.9. The van der Waals surface area contributed by atoms with Crippen molar-refractivity contribution >= 4 is 29.4 Å². The predicted molar refractivity (Wildman–Crippen MR) is 108 cm³/mol. The Morgan fingerprint density at radius 3 is 2.48 bits per heavy atom. The lowest BCUT2D eigenvalue weighted by Crippen LogP contribution is -2.67. The highest BCUT2D eigenvalue weighted by atomic mass is 35.5. The van der Waals surface area contributed by atoms with Crippen molar-refractivity contribution in [2.24, 2.45) is 0 Å². The van der Waals surface area contributed by atoms with Gasteiger partial charge < -0.3 is 10.4 Å². The SMILES string of the molecule is O=C1NC(Nc2cccc(C(F)(F)F)c2)N(Cc2ccc(Cl)cc2)C(=O)N1CCCO. The Labute approximate surface area is 181 Å². The van der Waals surface area contributed by atoms with Crippen LogP contribution in [0.25, 0.3) is 0 Å². The number of nitrogens with one attached hydrogen (secondary N) is 2. The zero-order chi connectivity index (χ0) is 22.6. The molecule has 0 bridgehead atoms. The molecule has 2 aromatic carbocycles. The van der Waals surface area contributed by atoms with Crippen LogP contribution < -0.4 is 10.6 Å². The Hall–Kier alpha value is -2.98. The summed E-state index contributed by atoms with van der Waals surface area (Å²) in [6.07, 6.45) is -5.43. The molecule has 166 valence electrons. The lowest BCUT2D eigenvalue weighted by Gasteiger charge is -2.41. The molecule has 4 amide bonds. The molecule has 0 aliphatic carbocycles. The van der Waals surface area contributed by atoms with Gasteiger partial charge >= 0.3 is 18.2 Å². The third-order valence-electron chi connectivity index (χ3n) is 4.59. The maximum absolute atomic E-state index is 13.0. The average molecular weight is 457 g/mol. The fourth-order valence-corrected chi connectivity index (χ4v) is 3.18. The van der Waals surface area contributed by atoms with Crippen LogP contribution in [0.15, 0.2) is 48.5 Å². The van der Waals surface area contributed by atoms with Gasteiger partial charge in [0.2, 0.25) is 0 Å². The van der Waals surface area contributed by atoms with Crippen LogP contribution in [-0.2, 0) is 12.7 Å². The molecule has 1 heterocycles. The fourth-order valence-electron chi connectivity index (χ4n) is 3.05. The maximum Gasteiger partial charge on any atom is 0.416 e. The number of urea groups is 2. The molecule has 1 saturated heterocycles. The van der Waals surface area contributed by atoms with Crippen LogP contribution >= 0.6 is 11.6 Å². The smallest absolute Gasteiger partial charge is 0.396 e. The Balaban J connectivity index is 1.87. The minimum atomic E-state index is -4.53. The highest BCUT2D eigenvalue weighted by Crippen LogP contribution is 2.31. The Morgan fingerprint density at radius 1 is 1.13 bits per heavy atom. The maximum atomic E-state index is 13.0. The molecule has 11 heteroatoms. The first-order chi connectivity index (χ1) is 14.7. The standard InChI is InChI=1S/C20H20ClF3N4O3/c21-15-7-5-13(6-8-15)12-28-17(26-18(30)27(19(28)31)9-2-10-29)25-16-4-1-3-14(11-16)20(22,23)24/h1,3-8,11,17,25,29H,2,9-10,12H2,(H,26,30). The van der Waals surface area contributed by atoms with Crippen LogP contribution in [0.5, 0.6) is 0 Å². The van der Waals surface area contributed by atoms with E-state index in [4.69, 9.17) is 16.7 Å². The van der Waals surface area contributed by atoms with E-state index in [1.54, 1.807) is 24.3 Å². The molecule has 0 radical (unpaired) electrons. The third-order valence-corrected chi connectivity index (χ3v) is 4.84. The molecule has 0 spiro atoms. The number of imide groups is 1. The largest absolute Gasteiger partial charge is 0.416 e. The second kappa shape index (κ2) is 9.44. The molecule has 1 fully saturated rings. The van der Waals surface area contributed by atoms with Crippen LogP contribution in [0, 0.1) is 0 Å². The Kier molecular flexibility index (Phi) is 6.91. The number of carbonyl (C=O) groups excluding carboxylic acids is 2. The van der Waals surface area contributed by atoms with E-state index in [0.717, 1.165) is 17.0 Å². The number of hydrogen-bond donors (Lipinski definition) is 3. The lowest BCUT2D eigenvalue weighted by molar-refractivity contribution is -0.137. The van der Waals surface area contributed by atoms with E-state index in [9.17, 15) is 22.8 Å². The normalized spacial score (nSPS) is 17.0. The molecule has 0 saturated carbocycles. The average Bonchev–Trinajstić information content (AvgIpc) is 2.72. The number of nitrogens with zero attached hydrogens (tertiary/aromatic N) is 2. The molecule has 2 aromatic rings. The molecular weight excluding hydrogens is 437 g/mol. The molecular formula is C20H20ClF3N4O3. The van der Waals surface area contributed by atoms with E-state index in [1.807, 2.05) is 0 Å². The zero-order valence-electron chi connectivity index (χ0n) is 16.2. The van der Waals surface area contributed by atoms with Crippen molar-refractivity contribution in [3.8, 4) is 0 Å². The minimum absolute atomic E-state index is 0.00539. The van der Waals surface area contributed by atoms with Crippen molar-refractivity contribution in [2.45, 2.75) is 25.4 Å². The monoisotopic (exact) mass is 456 g/mol. The summed E-state index contributed by atoms with van der Waals surface area (Å²) in [5.74, 6) is 0. The van der Waals surface area contributed by atoms with Gasteiger partial charge in [0, 0.05) is 23.9 Å². The molecule has 1 atom stereocenters. The van der Waals surface area contributed by atoms with E-state index < -0.39 is 30.1 Å². The van der Waals surface area contributed by atoms with Gasteiger partial charge in [-0.3, -0.25) is 10.2 Å². The van der Waals surface area contributed by atoms with E-state index in [1.165, 1.54) is 17.0 Å². The second-order valence-electron chi connectivity index (χ2n) is 6.84. The van der Waals surface area contributed by atoms with Gasteiger partial charge in [-0.1, -0.05) is 29.8 Å². The van der Waals surface area contributed by atoms with Crippen LogP contribution in [0.2, 0.25) is 5.02 Å². The highest BCUT2D eigenvalue weighted by molar-refractivity contribution is 6.30. The number of aliphatic hydroxyl groups excluding tert-OH is 1. The third kappa shape index (κ3) is 5.59. The van der Waals surface area contributed by atoms with Crippen molar-refractivity contribution in [2.75, 3.05) is 18.5 Å². The van der Waals surface area contributed by atoms with E-state index in [0.29, 0.717) is 10.6 Å². The van der Waals surface area contributed by atoms with Crippen molar-refractivity contribution in [1.82, 2.24) is 15.1 Å². The number of halogens is 4. The molecule has 31 heavy (non-hydrogen) atoms. The van der Waals surface area contributed by atoms with Gasteiger partial charge in [0.05, 0.1) is 12.1 Å². The molecule has 1 unspecified atom stereocenters.